The summed E-state index contributed by atoms with van der Waals surface area (Å²) < 4.78 is 39.6. The van der Waals surface area contributed by atoms with Crippen LogP contribution in [0.4, 0.5) is 19.0 Å². The molecule has 3 heterocycles. The zero-order valence-electron chi connectivity index (χ0n) is 15.7. The number of rotatable bonds is 4. The fourth-order valence-corrected chi connectivity index (χ4v) is 3.91. The molecule has 0 N–H and O–H groups in total. The smallest absolute Gasteiger partial charge is 0.356 e. The van der Waals surface area contributed by atoms with Gasteiger partial charge in [0.15, 0.2) is 0 Å². The van der Waals surface area contributed by atoms with E-state index in [-0.39, 0.29) is 17.6 Å². The Morgan fingerprint density at radius 3 is 2.41 bits per heavy atom. The predicted octanol–water partition coefficient (Wildman–Crippen LogP) is 2.87. The number of carbonyl (C=O) groups excluding carboxylic acids is 1. The number of nitrogens with zero attached hydrogens (tertiary/aromatic N) is 4. The molecule has 2 saturated heterocycles. The summed E-state index contributed by atoms with van der Waals surface area (Å²) in [6.07, 6.45) is -1.08. The number of piperazine rings is 1. The number of halogens is 3. The Labute approximate surface area is 158 Å². The number of carbonyl (C=O) groups is 1. The molecule has 0 atom stereocenters. The highest BCUT2D eigenvalue weighted by Crippen LogP contribution is 2.36. The van der Waals surface area contributed by atoms with Crippen molar-refractivity contribution in [2.24, 2.45) is 5.92 Å². The van der Waals surface area contributed by atoms with Gasteiger partial charge in [-0.05, 0) is 37.4 Å². The van der Waals surface area contributed by atoms with E-state index in [0.717, 1.165) is 38.8 Å². The van der Waals surface area contributed by atoms with Crippen molar-refractivity contribution in [2.45, 2.75) is 32.4 Å². The highest BCUT2D eigenvalue weighted by atomic mass is 19.4. The molecule has 150 valence electrons. The number of piperidine rings is 1. The van der Waals surface area contributed by atoms with Crippen LogP contribution >= 0.6 is 0 Å². The number of pyridine rings is 1. The van der Waals surface area contributed by atoms with Crippen LogP contribution in [0.25, 0.3) is 0 Å². The zero-order valence-corrected chi connectivity index (χ0v) is 15.7. The van der Waals surface area contributed by atoms with Gasteiger partial charge in [0.2, 0.25) is 5.91 Å². The molecule has 5 nitrogen and oxygen atoms in total. The van der Waals surface area contributed by atoms with Gasteiger partial charge in [-0.15, -0.1) is 0 Å². The molecule has 0 saturated carbocycles. The van der Waals surface area contributed by atoms with Crippen molar-refractivity contribution in [3.63, 3.8) is 0 Å². The molecule has 2 aliphatic heterocycles. The Kier molecular flexibility index (Phi) is 6.24. The van der Waals surface area contributed by atoms with E-state index in [1.54, 1.807) is 4.90 Å². The number of aromatic nitrogens is 1. The van der Waals surface area contributed by atoms with E-state index < -0.39 is 11.7 Å². The maximum atomic E-state index is 13.2. The number of amides is 1. The van der Waals surface area contributed by atoms with Gasteiger partial charge in [-0.2, -0.15) is 13.2 Å². The molecule has 0 bridgehead atoms. The minimum Gasteiger partial charge on any atom is -0.356 e. The molecule has 0 aliphatic carbocycles. The van der Waals surface area contributed by atoms with Crippen LogP contribution in [0.5, 0.6) is 0 Å². The summed E-state index contributed by atoms with van der Waals surface area (Å²) in [6.45, 7) is 7.51. The third-order valence-electron chi connectivity index (χ3n) is 5.64. The van der Waals surface area contributed by atoms with Gasteiger partial charge in [0.1, 0.15) is 5.82 Å². The topological polar surface area (TPSA) is 39.7 Å². The molecule has 1 amide bonds. The Morgan fingerprint density at radius 1 is 1.15 bits per heavy atom. The van der Waals surface area contributed by atoms with Crippen LogP contribution in [-0.2, 0) is 11.0 Å². The summed E-state index contributed by atoms with van der Waals surface area (Å²) >= 11 is 0. The largest absolute Gasteiger partial charge is 0.419 e. The zero-order chi connectivity index (χ0) is 19.4. The maximum absolute atomic E-state index is 13.2. The molecule has 8 heteroatoms. The van der Waals surface area contributed by atoms with Gasteiger partial charge < -0.3 is 14.7 Å². The molecule has 1 aromatic heterocycles. The Balaban J connectivity index is 1.52. The van der Waals surface area contributed by atoms with Gasteiger partial charge in [0.25, 0.3) is 0 Å². The van der Waals surface area contributed by atoms with E-state index in [1.165, 1.54) is 12.3 Å². The van der Waals surface area contributed by atoms with Crippen LogP contribution in [0.3, 0.4) is 0 Å². The van der Waals surface area contributed by atoms with Gasteiger partial charge in [0.05, 0.1) is 5.56 Å². The second-order valence-electron chi connectivity index (χ2n) is 7.32. The fraction of sp³-hybridized carbons (Fsp3) is 0.684. The molecule has 2 aliphatic rings. The lowest BCUT2D eigenvalue weighted by atomic mass is 9.92. The SMILES string of the molecule is CCN1CCN(C(=O)CC2CCN(c3ncccc3C(F)(F)F)CC2)CC1. The molecule has 27 heavy (non-hydrogen) atoms. The molecule has 0 aromatic carbocycles. The molecule has 1 aromatic rings. The highest BCUT2D eigenvalue weighted by Gasteiger charge is 2.36. The summed E-state index contributed by atoms with van der Waals surface area (Å²) in [5, 5.41) is 0. The Bertz CT molecular complexity index is 636. The van der Waals surface area contributed by atoms with E-state index in [0.29, 0.717) is 32.4 Å². The first-order valence-electron chi connectivity index (χ1n) is 9.65. The molecule has 2 fully saturated rings. The summed E-state index contributed by atoms with van der Waals surface area (Å²) in [5.41, 5.74) is -0.687. The third-order valence-corrected chi connectivity index (χ3v) is 5.64. The van der Waals surface area contributed by atoms with Crippen LogP contribution in [0.1, 0.15) is 31.7 Å². The van der Waals surface area contributed by atoms with Crippen LogP contribution in [-0.4, -0.2) is 66.5 Å². The van der Waals surface area contributed by atoms with Crippen molar-refractivity contribution in [2.75, 3.05) is 50.7 Å². The van der Waals surface area contributed by atoms with Gasteiger partial charge in [-0.25, -0.2) is 4.98 Å². The normalized spacial score (nSPS) is 20.1. The molecular weight excluding hydrogens is 357 g/mol. The number of likely N-dealkylation sites (N-methyl/N-ethyl adjacent to an activating group) is 1. The second-order valence-corrected chi connectivity index (χ2v) is 7.32. The standard InChI is InChI=1S/C19H27F3N4O/c1-2-24-10-12-25(13-11-24)17(27)14-15-5-8-26(9-6-15)18-16(19(20,21)22)4-3-7-23-18/h3-4,7,15H,2,5-6,8-14H2,1H3. The summed E-state index contributed by atoms with van der Waals surface area (Å²) in [4.78, 5) is 22.5. The summed E-state index contributed by atoms with van der Waals surface area (Å²) in [6, 6.07) is 2.39. The molecular formula is C19H27F3N4O. The van der Waals surface area contributed by atoms with Crippen LogP contribution in [0.2, 0.25) is 0 Å². The number of hydrogen-bond acceptors (Lipinski definition) is 4. The average molecular weight is 384 g/mol. The monoisotopic (exact) mass is 384 g/mol. The molecule has 0 radical (unpaired) electrons. The summed E-state index contributed by atoms with van der Waals surface area (Å²) in [5.74, 6) is 0.416. The van der Waals surface area contributed by atoms with Crippen molar-refractivity contribution in [3.8, 4) is 0 Å². The first-order valence-corrected chi connectivity index (χ1v) is 9.65. The lowest BCUT2D eigenvalue weighted by molar-refractivity contribution is -0.137. The molecule has 3 rings (SSSR count). The van der Waals surface area contributed by atoms with Gasteiger partial charge in [-0.1, -0.05) is 6.92 Å². The number of hydrogen-bond donors (Lipinski definition) is 0. The quantitative estimate of drug-likeness (QED) is 0.800. The van der Waals surface area contributed by atoms with Gasteiger partial charge in [0, 0.05) is 51.9 Å². The van der Waals surface area contributed by atoms with E-state index in [9.17, 15) is 18.0 Å². The van der Waals surface area contributed by atoms with E-state index in [4.69, 9.17) is 0 Å². The Hall–Kier alpha value is -1.83. The highest BCUT2D eigenvalue weighted by molar-refractivity contribution is 5.76. The molecule has 0 spiro atoms. The summed E-state index contributed by atoms with van der Waals surface area (Å²) in [7, 11) is 0. The minimum atomic E-state index is -4.41. The molecule has 0 unspecified atom stereocenters. The lowest BCUT2D eigenvalue weighted by Gasteiger charge is -2.37. The van der Waals surface area contributed by atoms with Crippen molar-refractivity contribution >= 4 is 11.7 Å². The lowest BCUT2D eigenvalue weighted by Crippen LogP contribution is -2.49. The Morgan fingerprint density at radius 2 is 1.81 bits per heavy atom. The van der Waals surface area contributed by atoms with E-state index in [2.05, 4.69) is 16.8 Å². The first-order chi connectivity index (χ1) is 12.9. The third kappa shape index (κ3) is 4.91. The average Bonchev–Trinajstić information content (AvgIpc) is 2.68. The minimum absolute atomic E-state index is 0.00506. The van der Waals surface area contributed by atoms with Gasteiger partial charge in [-0.3, -0.25) is 4.79 Å². The predicted molar refractivity (Wildman–Crippen MR) is 97.5 cm³/mol. The van der Waals surface area contributed by atoms with E-state index in [1.807, 2.05) is 4.90 Å². The van der Waals surface area contributed by atoms with Crippen LogP contribution in [0.15, 0.2) is 18.3 Å². The van der Waals surface area contributed by atoms with Crippen LogP contribution in [0, 0.1) is 5.92 Å². The maximum Gasteiger partial charge on any atom is 0.419 e. The van der Waals surface area contributed by atoms with Gasteiger partial charge >= 0.3 is 6.18 Å². The van der Waals surface area contributed by atoms with Crippen molar-refractivity contribution in [1.29, 1.82) is 0 Å². The second kappa shape index (κ2) is 8.46. The fourth-order valence-electron chi connectivity index (χ4n) is 3.91. The van der Waals surface area contributed by atoms with Crippen molar-refractivity contribution in [3.05, 3.63) is 23.9 Å². The van der Waals surface area contributed by atoms with Crippen molar-refractivity contribution in [1.82, 2.24) is 14.8 Å². The number of anilines is 1. The van der Waals surface area contributed by atoms with Crippen LogP contribution < -0.4 is 4.90 Å². The number of alkyl halides is 3. The first kappa shape index (κ1) is 19.9. The van der Waals surface area contributed by atoms with E-state index >= 15 is 0 Å². The van der Waals surface area contributed by atoms with Crippen molar-refractivity contribution < 1.29 is 18.0 Å².